The molecule has 2 rings (SSSR count). The van der Waals surface area contributed by atoms with Crippen LogP contribution in [0.2, 0.25) is 0 Å². The Hall–Kier alpha value is -2.28. The van der Waals surface area contributed by atoms with Crippen molar-refractivity contribution in [2.75, 3.05) is 5.32 Å². The molecule has 0 radical (unpaired) electrons. The van der Waals surface area contributed by atoms with E-state index in [9.17, 15) is 0 Å². The van der Waals surface area contributed by atoms with Crippen LogP contribution in [0, 0.1) is 25.2 Å². The summed E-state index contributed by atoms with van der Waals surface area (Å²) in [6, 6.07) is 9.56. The van der Waals surface area contributed by atoms with E-state index < -0.39 is 0 Å². The average Bonchev–Trinajstić information content (AvgIpc) is 2.73. The van der Waals surface area contributed by atoms with Crippen molar-refractivity contribution in [2.45, 2.75) is 20.4 Å². The molecule has 1 aromatic carbocycles. The summed E-state index contributed by atoms with van der Waals surface area (Å²) in [5.41, 5.74) is 3.58. The molecule has 4 heteroatoms. The van der Waals surface area contributed by atoms with Gasteiger partial charge in [-0.2, -0.15) is 5.26 Å². The van der Waals surface area contributed by atoms with Crippen LogP contribution < -0.4 is 5.32 Å². The van der Waals surface area contributed by atoms with Crippen molar-refractivity contribution in [1.29, 1.82) is 5.26 Å². The van der Waals surface area contributed by atoms with Crippen LogP contribution in [-0.2, 0) is 6.54 Å². The fourth-order valence-electron chi connectivity index (χ4n) is 1.61. The van der Waals surface area contributed by atoms with Gasteiger partial charge in [0.2, 0.25) is 0 Å². The lowest BCUT2D eigenvalue weighted by atomic mass is 10.1. The van der Waals surface area contributed by atoms with Gasteiger partial charge in [-0.25, -0.2) is 0 Å². The van der Waals surface area contributed by atoms with Gasteiger partial charge in [0.05, 0.1) is 23.9 Å². The highest BCUT2D eigenvalue weighted by atomic mass is 16.5. The van der Waals surface area contributed by atoms with Crippen molar-refractivity contribution in [3.05, 3.63) is 46.8 Å². The van der Waals surface area contributed by atoms with Gasteiger partial charge in [0.15, 0.2) is 5.76 Å². The molecular formula is C13H13N3O. The number of anilines is 1. The summed E-state index contributed by atoms with van der Waals surface area (Å²) in [7, 11) is 0. The molecule has 17 heavy (non-hydrogen) atoms. The molecule has 0 spiro atoms. The number of nitriles is 1. The minimum atomic E-state index is 0.591. The molecule has 0 aliphatic heterocycles. The summed E-state index contributed by atoms with van der Waals surface area (Å²) >= 11 is 0. The highest BCUT2D eigenvalue weighted by molar-refractivity contribution is 5.54. The quantitative estimate of drug-likeness (QED) is 0.875. The molecule has 0 unspecified atom stereocenters. The second-order valence-electron chi connectivity index (χ2n) is 3.93. The van der Waals surface area contributed by atoms with Crippen molar-refractivity contribution in [2.24, 2.45) is 0 Å². The fourth-order valence-corrected chi connectivity index (χ4v) is 1.61. The molecule has 1 N–H and O–H groups in total. The molecule has 0 fully saturated rings. The zero-order chi connectivity index (χ0) is 12.3. The summed E-state index contributed by atoms with van der Waals surface area (Å²) in [6.07, 6.45) is 0. The number of nitrogens with zero attached hydrogens (tertiary/aromatic N) is 2. The Labute approximate surface area is 99.9 Å². The highest BCUT2D eigenvalue weighted by Crippen LogP contribution is 2.17. The third-order valence-electron chi connectivity index (χ3n) is 2.49. The van der Waals surface area contributed by atoms with Crippen molar-refractivity contribution in [3.63, 3.8) is 0 Å². The molecule has 0 saturated carbocycles. The van der Waals surface area contributed by atoms with Crippen LogP contribution >= 0.6 is 0 Å². The zero-order valence-corrected chi connectivity index (χ0v) is 9.82. The van der Waals surface area contributed by atoms with E-state index in [-0.39, 0.29) is 0 Å². The SMILES string of the molecule is Cc1cc(CNc2ccc(C#N)cc2C)on1. The topological polar surface area (TPSA) is 61.9 Å². The minimum absolute atomic E-state index is 0.591. The van der Waals surface area contributed by atoms with Crippen molar-refractivity contribution in [3.8, 4) is 6.07 Å². The van der Waals surface area contributed by atoms with E-state index in [0.29, 0.717) is 12.1 Å². The van der Waals surface area contributed by atoms with Crippen LogP contribution in [0.15, 0.2) is 28.8 Å². The first-order valence-electron chi connectivity index (χ1n) is 5.36. The molecule has 86 valence electrons. The molecule has 0 saturated heterocycles. The lowest BCUT2D eigenvalue weighted by Gasteiger charge is -2.07. The number of aromatic nitrogens is 1. The lowest BCUT2D eigenvalue weighted by molar-refractivity contribution is 0.384. The molecular weight excluding hydrogens is 214 g/mol. The van der Waals surface area contributed by atoms with Gasteiger partial charge in [-0.05, 0) is 37.6 Å². The number of hydrogen-bond donors (Lipinski definition) is 1. The van der Waals surface area contributed by atoms with Crippen LogP contribution in [0.4, 0.5) is 5.69 Å². The summed E-state index contributed by atoms with van der Waals surface area (Å²) in [6.45, 7) is 4.45. The number of hydrogen-bond acceptors (Lipinski definition) is 4. The predicted molar refractivity (Wildman–Crippen MR) is 64.5 cm³/mol. The second kappa shape index (κ2) is 4.71. The Morgan fingerprint density at radius 1 is 1.35 bits per heavy atom. The average molecular weight is 227 g/mol. The van der Waals surface area contributed by atoms with Gasteiger partial charge in [0, 0.05) is 11.8 Å². The van der Waals surface area contributed by atoms with E-state index in [4.69, 9.17) is 9.78 Å². The van der Waals surface area contributed by atoms with Gasteiger partial charge in [-0.1, -0.05) is 5.16 Å². The van der Waals surface area contributed by atoms with Crippen molar-refractivity contribution < 1.29 is 4.52 Å². The van der Waals surface area contributed by atoms with Crippen LogP contribution in [0.1, 0.15) is 22.6 Å². The molecule has 0 aliphatic carbocycles. The second-order valence-corrected chi connectivity index (χ2v) is 3.93. The molecule has 0 bridgehead atoms. The van der Waals surface area contributed by atoms with Crippen LogP contribution in [-0.4, -0.2) is 5.16 Å². The maximum atomic E-state index is 8.77. The molecule has 0 amide bonds. The summed E-state index contributed by atoms with van der Waals surface area (Å²) in [4.78, 5) is 0. The van der Waals surface area contributed by atoms with Gasteiger partial charge >= 0.3 is 0 Å². The minimum Gasteiger partial charge on any atom is -0.377 e. The smallest absolute Gasteiger partial charge is 0.156 e. The van der Waals surface area contributed by atoms with Crippen molar-refractivity contribution in [1.82, 2.24) is 5.16 Å². The molecule has 1 aromatic heterocycles. The largest absolute Gasteiger partial charge is 0.377 e. The monoisotopic (exact) mass is 227 g/mol. The zero-order valence-electron chi connectivity index (χ0n) is 9.82. The summed E-state index contributed by atoms with van der Waals surface area (Å²) < 4.78 is 5.11. The van der Waals surface area contributed by atoms with Crippen LogP contribution in [0.3, 0.4) is 0 Å². The Kier molecular flexibility index (Phi) is 3.10. The maximum Gasteiger partial charge on any atom is 0.156 e. The molecule has 1 heterocycles. The number of benzene rings is 1. The van der Waals surface area contributed by atoms with Gasteiger partial charge in [-0.15, -0.1) is 0 Å². The Bertz CT molecular complexity index is 566. The first-order valence-corrected chi connectivity index (χ1v) is 5.36. The maximum absolute atomic E-state index is 8.77. The number of nitrogens with one attached hydrogen (secondary N) is 1. The molecule has 4 nitrogen and oxygen atoms in total. The highest BCUT2D eigenvalue weighted by Gasteiger charge is 2.03. The predicted octanol–water partition coefficient (Wildman–Crippen LogP) is 2.78. The molecule has 0 atom stereocenters. The van der Waals surface area contributed by atoms with Gasteiger partial charge < -0.3 is 9.84 Å². The van der Waals surface area contributed by atoms with Gasteiger partial charge in [0.1, 0.15) is 0 Å². The Morgan fingerprint density at radius 3 is 2.76 bits per heavy atom. The van der Waals surface area contributed by atoms with Crippen LogP contribution in [0.5, 0.6) is 0 Å². The molecule has 2 aromatic rings. The summed E-state index contributed by atoms with van der Waals surface area (Å²) in [5.74, 6) is 0.797. The lowest BCUT2D eigenvalue weighted by Crippen LogP contribution is -2.00. The molecule has 0 aliphatic rings. The van der Waals surface area contributed by atoms with E-state index in [2.05, 4.69) is 16.5 Å². The first-order chi connectivity index (χ1) is 8.19. The van der Waals surface area contributed by atoms with E-state index in [1.165, 1.54) is 0 Å². The van der Waals surface area contributed by atoms with Gasteiger partial charge in [-0.3, -0.25) is 0 Å². The number of rotatable bonds is 3. The van der Waals surface area contributed by atoms with E-state index in [0.717, 1.165) is 22.7 Å². The number of aryl methyl sites for hydroxylation is 2. The summed E-state index contributed by atoms with van der Waals surface area (Å²) in [5, 5.41) is 15.8. The third kappa shape index (κ3) is 2.64. The van der Waals surface area contributed by atoms with Crippen molar-refractivity contribution >= 4 is 5.69 Å². The van der Waals surface area contributed by atoms with E-state index >= 15 is 0 Å². The Morgan fingerprint density at radius 2 is 2.18 bits per heavy atom. The standard InChI is InChI=1S/C13H13N3O/c1-9-5-11(7-14)3-4-13(9)15-8-12-6-10(2)16-17-12/h3-6,15H,8H2,1-2H3. The first kappa shape index (κ1) is 11.2. The van der Waals surface area contributed by atoms with E-state index in [1.807, 2.05) is 32.0 Å². The van der Waals surface area contributed by atoms with E-state index in [1.54, 1.807) is 6.07 Å². The van der Waals surface area contributed by atoms with Crippen LogP contribution in [0.25, 0.3) is 0 Å². The normalized spacial score (nSPS) is 9.94. The third-order valence-corrected chi connectivity index (χ3v) is 2.49. The van der Waals surface area contributed by atoms with Gasteiger partial charge in [0.25, 0.3) is 0 Å². The Balaban J connectivity index is 2.07. The fraction of sp³-hybridized carbons (Fsp3) is 0.231.